The molecule has 0 aliphatic rings. The molecule has 0 aliphatic heterocycles. The summed E-state index contributed by atoms with van der Waals surface area (Å²) in [4.78, 5) is 23.9. The van der Waals surface area contributed by atoms with Gasteiger partial charge in [-0.2, -0.15) is 0 Å². The molecule has 1 heterocycles. The number of carbonyl (C=O) groups is 1. The van der Waals surface area contributed by atoms with Gasteiger partial charge in [0.2, 0.25) is 0 Å². The topological polar surface area (TPSA) is 90.5 Å². The summed E-state index contributed by atoms with van der Waals surface area (Å²) in [7, 11) is 1.30. The summed E-state index contributed by atoms with van der Waals surface area (Å²) in [5.41, 5.74) is 7.74. The van der Waals surface area contributed by atoms with Crippen LogP contribution in [0.15, 0.2) is 59.5 Å². The lowest BCUT2D eigenvalue weighted by Crippen LogP contribution is -2.08. The first-order valence-corrected chi connectivity index (χ1v) is 7.06. The van der Waals surface area contributed by atoms with Gasteiger partial charge in [-0.25, -0.2) is 14.8 Å². The third-order valence-corrected chi connectivity index (χ3v) is 3.11. The first kappa shape index (κ1) is 16.4. The molecule has 0 aliphatic carbocycles. The summed E-state index contributed by atoms with van der Waals surface area (Å²) in [6.45, 7) is 0.455. The minimum absolute atomic E-state index is 0.227. The molecule has 0 amide bonds. The van der Waals surface area contributed by atoms with Crippen molar-refractivity contribution >= 4 is 12.2 Å². The minimum atomic E-state index is -0.505. The molecule has 0 unspecified atom stereocenters. The molecule has 0 fully saturated rings. The molecule has 118 valence electrons. The molecule has 0 spiro atoms. The summed E-state index contributed by atoms with van der Waals surface area (Å²) >= 11 is 0. The van der Waals surface area contributed by atoms with Crippen LogP contribution in [0.5, 0.6) is 0 Å². The van der Waals surface area contributed by atoms with Crippen molar-refractivity contribution in [3.05, 3.63) is 71.4 Å². The van der Waals surface area contributed by atoms with Gasteiger partial charge in [0.15, 0.2) is 0 Å². The molecule has 2 N–H and O–H groups in total. The molecule has 0 atom stereocenters. The van der Waals surface area contributed by atoms with Gasteiger partial charge in [0.05, 0.1) is 19.2 Å². The third-order valence-electron chi connectivity index (χ3n) is 3.11. The van der Waals surface area contributed by atoms with Gasteiger partial charge in [0.1, 0.15) is 5.82 Å². The van der Waals surface area contributed by atoms with E-state index in [0.717, 1.165) is 17.0 Å². The second-order valence-electron chi connectivity index (χ2n) is 4.74. The van der Waals surface area contributed by atoms with Crippen molar-refractivity contribution in [3.8, 4) is 0 Å². The van der Waals surface area contributed by atoms with E-state index in [1.807, 2.05) is 24.3 Å². The summed E-state index contributed by atoms with van der Waals surface area (Å²) in [6.07, 6.45) is 6.74. The van der Waals surface area contributed by atoms with Crippen LogP contribution in [0.1, 0.15) is 17.0 Å². The molecule has 0 saturated heterocycles. The van der Waals surface area contributed by atoms with E-state index >= 15 is 0 Å². The highest BCUT2D eigenvalue weighted by molar-refractivity contribution is 6.09. The molecule has 6 heteroatoms. The van der Waals surface area contributed by atoms with Gasteiger partial charge in [-0.1, -0.05) is 24.3 Å². The Kier molecular flexibility index (Phi) is 5.99. The van der Waals surface area contributed by atoms with E-state index < -0.39 is 5.97 Å². The van der Waals surface area contributed by atoms with Crippen LogP contribution in [-0.4, -0.2) is 29.3 Å². The zero-order chi connectivity index (χ0) is 16.5. The average Bonchev–Trinajstić information content (AvgIpc) is 2.60. The van der Waals surface area contributed by atoms with Crippen molar-refractivity contribution in [3.63, 3.8) is 0 Å². The lowest BCUT2D eigenvalue weighted by atomic mass is 10.1. The number of nitrogens with zero attached hydrogens (tertiary/aromatic N) is 3. The van der Waals surface area contributed by atoms with Gasteiger partial charge in [-0.15, -0.1) is 0 Å². The molecule has 1 aromatic carbocycles. The number of esters is 1. The Balaban J connectivity index is 1.94. The Morgan fingerprint density at radius 2 is 1.87 bits per heavy atom. The standard InChI is InChI=1S/C17H18N4O2/c1-23-17(22)15(10-18)12-19-11-14-5-3-13(4-6-14)9-16-20-7-2-8-21-16/h2-8,10,12H,9,11,18H2,1H3/b15-10+,19-12?. The number of methoxy groups -OCH3 is 1. The van der Waals surface area contributed by atoms with E-state index in [0.29, 0.717) is 13.0 Å². The predicted octanol–water partition coefficient (Wildman–Crippen LogP) is 1.65. The minimum Gasteiger partial charge on any atom is -0.465 e. The van der Waals surface area contributed by atoms with Crippen LogP contribution in [-0.2, 0) is 22.5 Å². The average molecular weight is 310 g/mol. The molecule has 0 bridgehead atoms. The highest BCUT2D eigenvalue weighted by Crippen LogP contribution is 2.09. The molecule has 0 radical (unpaired) electrons. The van der Waals surface area contributed by atoms with E-state index in [9.17, 15) is 4.79 Å². The van der Waals surface area contributed by atoms with Crippen LogP contribution in [0.2, 0.25) is 0 Å². The molecule has 0 saturated carbocycles. The zero-order valence-electron chi connectivity index (χ0n) is 12.8. The van der Waals surface area contributed by atoms with Crippen LogP contribution >= 0.6 is 0 Å². The molecule has 1 aromatic heterocycles. The molecular formula is C17H18N4O2. The lowest BCUT2D eigenvalue weighted by Gasteiger charge is -2.02. The van der Waals surface area contributed by atoms with E-state index in [4.69, 9.17) is 5.73 Å². The van der Waals surface area contributed by atoms with Crippen LogP contribution in [0.25, 0.3) is 0 Å². The number of aromatic nitrogens is 2. The van der Waals surface area contributed by atoms with Crippen LogP contribution < -0.4 is 5.73 Å². The van der Waals surface area contributed by atoms with Gasteiger partial charge in [0, 0.05) is 31.2 Å². The summed E-state index contributed by atoms with van der Waals surface area (Å²) in [6, 6.07) is 9.80. The summed E-state index contributed by atoms with van der Waals surface area (Å²) in [5, 5.41) is 0. The maximum Gasteiger partial charge on any atom is 0.340 e. The fourth-order valence-corrected chi connectivity index (χ4v) is 1.90. The smallest absolute Gasteiger partial charge is 0.340 e. The first-order chi connectivity index (χ1) is 11.2. The number of hydrogen-bond acceptors (Lipinski definition) is 6. The fourth-order valence-electron chi connectivity index (χ4n) is 1.90. The van der Waals surface area contributed by atoms with E-state index in [1.54, 1.807) is 18.5 Å². The van der Waals surface area contributed by atoms with Crippen molar-refractivity contribution in [2.24, 2.45) is 10.7 Å². The second-order valence-corrected chi connectivity index (χ2v) is 4.74. The van der Waals surface area contributed by atoms with Gasteiger partial charge in [-0.05, 0) is 17.2 Å². The number of nitrogens with two attached hydrogens (primary N) is 1. The number of benzene rings is 1. The highest BCUT2D eigenvalue weighted by atomic mass is 16.5. The Morgan fingerprint density at radius 1 is 1.22 bits per heavy atom. The van der Waals surface area contributed by atoms with E-state index in [2.05, 4.69) is 19.7 Å². The molecule has 2 aromatic rings. The molecular weight excluding hydrogens is 292 g/mol. The zero-order valence-corrected chi connectivity index (χ0v) is 12.8. The first-order valence-electron chi connectivity index (χ1n) is 7.06. The normalized spacial score (nSPS) is 11.6. The van der Waals surface area contributed by atoms with E-state index in [1.165, 1.54) is 19.5 Å². The van der Waals surface area contributed by atoms with Gasteiger partial charge < -0.3 is 10.5 Å². The Hall–Kier alpha value is -3.02. The van der Waals surface area contributed by atoms with Crippen molar-refractivity contribution in [2.75, 3.05) is 7.11 Å². The largest absolute Gasteiger partial charge is 0.465 e. The molecule has 6 nitrogen and oxygen atoms in total. The number of aliphatic imine (C=N–C) groups is 1. The van der Waals surface area contributed by atoms with Crippen molar-refractivity contribution in [1.29, 1.82) is 0 Å². The predicted molar refractivity (Wildman–Crippen MR) is 87.8 cm³/mol. The number of rotatable bonds is 6. The van der Waals surface area contributed by atoms with Crippen LogP contribution in [0.3, 0.4) is 0 Å². The van der Waals surface area contributed by atoms with Crippen LogP contribution in [0.4, 0.5) is 0 Å². The van der Waals surface area contributed by atoms with Crippen molar-refractivity contribution in [2.45, 2.75) is 13.0 Å². The Bertz CT molecular complexity index is 694. The lowest BCUT2D eigenvalue weighted by molar-refractivity contribution is -0.135. The second kappa shape index (κ2) is 8.43. The Labute approximate surface area is 134 Å². The van der Waals surface area contributed by atoms with E-state index in [-0.39, 0.29) is 5.57 Å². The van der Waals surface area contributed by atoms with Gasteiger partial charge >= 0.3 is 5.97 Å². The molecule has 23 heavy (non-hydrogen) atoms. The number of hydrogen-bond donors (Lipinski definition) is 1. The van der Waals surface area contributed by atoms with Crippen molar-refractivity contribution < 1.29 is 9.53 Å². The van der Waals surface area contributed by atoms with Crippen molar-refractivity contribution in [1.82, 2.24) is 9.97 Å². The fraction of sp³-hybridized carbons (Fsp3) is 0.176. The third kappa shape index (κ3) is 5.03. The van der Waals surface area contributed by atoms with Gasteiger partial charge in [-0.3, -0.25) is 4.99 Å². The number of carbonyl (C=O) groups excluding carboxylic acids is 1. The molecule has 2 rings (SSSR count). The monoisotopic (exact) mass is 310 g/mol. The summed E-state index contributed by atoms with van der Waals surface area (Å²) in [5.74, 6) is 0.281. The number of ether oxygens (including phenoxy) is 1. The Morgan fingerprint density at radius 3 is 2.48 bits per heavy atom. The maximum atomic E-state index is 11.3. The summed E-state index contributed by atoms with van der Waals surface area (Å²) < 4.78 is 4.59. The maximum absolute atomic E-state index is 11.3. The van der Waals surface area contributed by atoms with Crippen LogP contribution in [0, 0.1) is 0 Å². The van der Waals surface area contributed by atoms with Gasteiger partial charge in [0.25, 0.3) is 0 Å². The highest BCUT2D eigenvalue weighted by Gasteiger charge is 2.05. The quantitative estimate of drug-likeness (QED) is 0.498. The SMILES string of the molecule is COC(=O)/C(C=NCc1ccc(Cc2ncccn2)cc1)=C/N.